The van der Waals surface area contributed by atoms with Crippen LogP contribution in [0.3, 0.4) is 0 Å². The van der Waals surface area contributed by atoms with Crippen molar-refractivity contribution in [2.45, 2.75) is 38.5 Å². The van der Waals surface area contributed by atoms with Crippen molar-refractivity contribution < 1.29 is 9.63 Å². The van der Waals surface area contributed by atoms with Crippen molar-refractivity contribution in [3.05, 3.63) is 21.4 Å². The Bertz CT molecular complexity index is 491. The number of fused-ring (bicyclic) bond motifs is 1. The van der Waals surface area contributed by atoms with E-state index in [-0.39, 0.29) is 5.92 Å². The van der Waals surface area contributed by atoms with E-state index in [4.69, 9.17) is 10.2 Å². The third-order valence-corrected chi connectivity index (χ3v) is 4.44. The molecule has 0 bridgehead atoms. The summed E-state index contributed by atoms with van der Waals surface area (Å²) in [5, 5.41) is 10.7. The number of aryl methyl sites for hydroxylation is 1. The lowest BCUT2D eigenvalue weighted by Crippen LogP contribution is -2.28. The fraction of sp³-hybridized carbons (Fsp3) is 0.538. The highest BCUT2D eigenvalue weighted by Gasteiger charge is 2.28. The van der Waals surface area contributed by atoms with Gasteiger partial charge >= 0.3 is 5.97 Å². The van der Waals surface area contributed by atoms with Crippen LogP contribution in [-0.2, 0) is 17.7 Å². The molecule has 0 saturated heterocycles. The van der Waals surface area contributed by atoms with Crippen LogP contribution in [0.5, 0.6) is 0 Å². The molecule has 5 heteroatoms. The minimum Gasteiger partial charge on any atom is -0.337 e. The number of amidine groups is 1. The van der Waals surface area contributed by atoms with Crippen LogP contribution in [0.1, 0.15) is 46.5 Å². The van der Waals surface area contributed by atoms with E-state index in [9.17, 15) is 4.79 Å². The molecule has 0 unspecified atom stereocenters. The summed E-state index contributed by atoms with van der Waals surface area (Å²) in [6, 6.07) is 0. The molecule has 1 saturated carbocycles. The van der Waals surface area contributed by atoms with Gasteiger partial charge in [0.05, 0.1) is 10.9 Å². The monoisotopic (exact) mass is 263 g/mol. The fourth-order valence-corrected chi connectivity index (χ4v) is 3.21. The molecule has 1 fully saturated rings. The first-order valence-electron chi connectivity index (χ1n) is 6.33. The van der Waals surface area contributed by atoms with E-state index < -0.39 is 5.97 Å². The molecule has 0 atom stereocenters. The van der Waals surface area contributed by atoms with E-state index >= 15 is 0 Å². The van der Waals surface area contributed by atoms with Gasteiger partial charge in [-0.1, -0.05) is 0 Å². The lowest BCUT2D eigenvalue weighted by Gasteiger charge is -2.12. The molecule has 4 nitrogen and oxygen atoms in total. The van der Waals surface area contributed by atoms with Crippen LogP contribution in [0.2, 0.25) is 0 Å². The number of rotatable bonds is 2. The molecular formula is C13H15N2O2S. The molecule has 1 radical (unpaired) electrons. The number of thiophene rings is 1. The zero-order chi connectivity index (χ0) is 12.5. The summed E-state index contributed by atoms with van der Waals surface area (Å²) in [7, 11) is 0. The van der Waals surface area contributed by atoms with Crippen molar-refractivity contribution in [3.8, 4) is 0 Å². The van der Waals surface area contributed by atoms with Gasteiger partial charge in [0, 0.05) is 10.8 Å². The van der Waals surface area contributed by atoms with Crippen LogP contribution in [0, 0.1) is 16.7 Å². The predicted octanol–water partition coefficient (Wildman–Crippen LogP) is 2.48. The van der Waals surface area contributed by atoms with Gasteiger partial charge in [-0.25, -0.2) is 10.3 Å². The number of hydroxylamine groups is 1. The average molecular weight is 263 g/mol. The highest BCUT2D eigenvalue weighted by molar-refractivity contribution is 7.10. The molecule has 2 N–H and O–H groups in total. The normalized spacial score (nSPS) is 18.0. The molecule has 1 heterocycles. The highest BCUT2D eigenvalue weighted by Crippen LogP contribution is 2.30. The summed E-state index contributed by atoms with van der Waals surface area (Å²) in [4.78, 5) is 18.2. The van der Waals surface area contributed by atoms with E-state index in [1.807, 2.05) is 0 Å². The van der Waals surface area contributed by atoms with Crippen molar-refractivity contribution in [1.29, 1.82) is 5.41 Å². The lowest BCUT2D eigenvalue weighted by molar-refractivity contribution is 0.0378. The smallest absolute Gasteiger partial charge is 0.337 e. The maximum Gasteiger partial charge on any atom is 0.364 e. The largest absolute Gasteiger partial charge is 0.364 e. The SMILES string of the molecule is N=C(NOC(=O)c1[c]sc2c1CCCC2)C1CC1. The second-order valence-electron chi connectivity index (χ2n) is 4.87. The highest BCUT2D eigenvalue weighted by atomic mass is 32.1. The minimum atomic E-state index is -0.403. The van der Waals surface area contributed by atoms with Crippen LogP contribution in [0.25, 0.3) is 0 Å². The maximum atomic E-state index is 11.9. The third kappa shape index (κ3) is 2.27. The van der Waals surface area contributed by atoms with Crippen LogP contribution < -0.4 is 5.48 Å². The predicted molar refractivity (Wildman–Crippen MR) is 68.8 cm³/mol. The van der Waals surface area contributed by atoms with Crippen LogP contribution >= 0.6 is 11.3 Å². The lowest BCUT2D eigenvalue weighted by atomic mass is 9.96. The Labute approximate surface area is 110 Å². The van der Waals surface area contributed by atoms with Crippen molar-refractivity contribution in [2.75, 3.05) is 0 Å². The molecule has 95 valence electrons. The van der Waals surface area contributed by atoms with Crippen molar-refractivity contribution in [2.24, 2.45) is 5.92 Å². The van der Waals surface area contributed by atoms with Crippen LogP contribution in [0.15, 0.2) is 0 Å². The molecule has 0 spiro atoms. The molecule has 3 rings (SSSR count). The fourth-order valence-electron chi connectivity index (χ4n) is 2.20. The standard InChI is InChI=1S/C13H15N2O2S/c14-12(8-5-6-8)15-17-13(16)10-7-18-11-4-2-1-3-9(10)11/h8H,1-6H2,(H2,14,15). The molecule has 2 aliphatic rings. The Balaban J connectivity index is 1.64. The summed E-state index contributed by atoms with van der Waals surface area (Å²) >= 11 is 1.53. The molecule has 1 aromatic rings. The first kappa shape index (κ1) is 11.7. The molecule has 0 aliphatic heterocycles. The number of nitrogens with one attached hydrogen (secondary N) is 2. The quantitative estimate of drug-likeness (QED) is 0.489. The number of carbonyl (C=O) groups excluding carboxylic acids is 1. The van der Waals surface area contributed by atoms with Gasteiger partial charge in [0.15, 0.2) is 0 Å². The van der Waals surface area contributed by atoms with Gasteiger partial charge in [-0.05, 0) is 44.1 Å². The van der Waals surface area contributed by atoms with E-state index in [0.717, 1.165) is 37.7 Å². The Morgan fingerprint density at radius 1 is 1.39 bits per heavy atom. The molecule has 18 heavy (non-hydrogen) atoms. The second-order valence-corrected chi connectivity index (χ2v) is 5.77. The van der Waals surface area contributed by atoms with Crippen LogP contribution in [0.4, 0.5) is 0 Å². The second kappa shape index (κ2) is 4.72. The Hall–Kier alpha value is -1.36. The molecule has 0 aromatic carbocycles. The van der Waals surface area contributed by atoms with Gasteiger partial charge in [0.2, 0.25) is 0 Å². The van der Waals surface area contributed by atoms with Gasteiger partial charge in [-0.2, -0.15) is 0 Å². The molecule has 1 aromatic heterocycles. The van der Waals surface area contributed by atoms with Gasteiger partial charge in [0.25, 0.3) is 0 Å². The van der Waals surface area contributed by atoms with E-state index in [0.29, 0.717) is 11.4 Å². The first-order valence-corrected chi connectivity index (χ1v) is 7.15. The number of carbonyl (C=O) groups is 1. The molecule has 2 aliphatic carbocycles. The van der Waals surface area contributed by atoms with Crippen LogP contribution in [-0.4, -0.2) is 11.8 Å². The van der Waals surface area contributed by atoms with Crippen molar-refractivity contribution >= 4 is 23.1 Å². The van der Waals surface area contributed by atoms with E-state index in [1.165, 1.54) is 22.6 Å². The summed E-state index contributed by atoms with van der Waals surface area (Å²) in [6.07, 6.45) is 6.35. The molecular weight excluding hydrogens is 248 g/mol. The maximum absolute atomic E-state index is 11.9. The average Bonchev–Trinajstić information content (AvgIpc) is 3.15. The van der Waals surface area contributed by atoms with Gasteiger partial charge in [-0.3, -0.25) is 5.41 Å². The van der Waals surface area contributed by atoms with Crippen molar-refractivity contribution in [1.82, 2.24) is 5.48 Å². The Kier molecular flexibility index (Phi) is 3.07. The van der Waals surface area contributed by atoms with Gasteiger partial charge < -0.3 is 4.84 Å². The zero-order valence-corrected chi connectivity index (χ0v) is 10.9. The number of hydrogen-bond acceptors (Lipinski definition) is 4. The van der Waals surface area contributed by atoms with Crippen molar-refractivity contribution in [3.63, 3.8) is 0 Å². The zero-order valence-electron chi connectivity index (χ0n) is 10.0. The summed E-state index contributed by atoms with van der Waals surface area (Å²) < 4.78 is 0. The minimum absolute atomic E-state index is 0.262. The van der Waals surface area contributed by atoms with Gasteiger partial charge in [0.1, 0.15) is 5.84 Å². The number of hydrogen-bond donors (Lipinski definition) is 2. The summed E-state index contributed by atoms with van der Waals surface area (Å²) in [5.41, 5.74) is 4.13. The van der Waals surface area contributed by atoms with Gasteiger partial charge in [-0.15, -0.1) is 11.3 Å². The van der Waals surface area contributed by atoms with E-state index in [2.05, 4.69) is 10.9 Å². The Morgan fingerprint density at radius 2 is 2.17 bits per heavy atom. The summed E-state index contributed by atoms with van der Waals surface area (Å²) in [5.74, 6) is 0.172. The topological polar surface area (TPSA) is 62.2 Å². The summed E-state index contributed by atoms with van der Waals surface area (Å²) in [6.45, 7) is 0. The Morgan fingerprint density at radius 3 is 2.94 bits per heavy atom. The third-order valence-electron chi connectivity index (χ3n) is 3.44. The van der Waals surface area contributed by atoms with E-state index in [1.54, 1.807) is 0 Å². The first-order chi connectivity index (χ1) is 8.75. The molecule has 0 amide bonds.